The summed E-state index contributed by atoms with van der Waals surface area (Å²) in [6, 6.07) is 8.44. The second-order valence-electron chi connectivity index (χ2n) is 5.94. The molecule has 4 heteroatoms. The summed E-state index contributed by atoms with van der Waals surface area (Å²) in [7, 11) is 0. The van der Waals surface area contributed by atoms with Crippen molar-refractivity contribution in [2.24, 2.45) is 22.7 Å². The van der Waals surface area contributed by atoms with Crippen molar-refractivity contribution < 1.29 is 5.21 Å². The lowest BCUT2D eigenvalue weighted by Gasteiger charge is -2.34. The molecule has 20 heavy (non-hydrogen) atoms. The zero-order chi connectivity index (χ0) is 14.5. The van der Waals surface area contributed by atoms with Crippen LogP contribution in [0.5, 0.6) is 0 Å². The fraction of sp³-hybridized carbons (Fsp3) is 0.562. The minimum absolute atomic E-state index is 0.152. The minimum atomic E-state index is 0.152. The van der Waals surface area contributed by atoms with Gasteiger partial charge in [-0.1, -0.05) is 56.1 Å². The van der Waals surface area contributed by atoms with Gasteiger partial charge in [-0.2, -0.15) is 0 Å². The van der Waals surface area contributed by atoms with Crippen LogP contribution in [-0.4, -0.2) is 17.1 Å². The lowest BCUT2D eigenvalue weighted by Crippen LogP contribution is -2.40. The Morgan fingerprint density at radius 2 is 2.00 bits per heavy atom. The van der Waals surface area contributed by atoms with Crippen LogP contribution in [0.2, 0.25) is 0 Å². The van der Waals surface area contributed by atoms with Crippen LogP contribution >= 0.6 is 0 Å². The first-order valence-electron chi connectivity index (χ1n) is 7.42. The van der Waals surface area contributed by atoms with Crippen molar-refractivity contribution in [3.05, 3.63) is 35.4 Å². The van der Waals surface area contributed by atoms with E-state index in [0.717, 1.165) is 23.9 Å². The molecule has 1 aliphatic rings. The molecule has 0 bridgehead atoms. The molecule has 1 saturated carbocycles. The van der Waals surface area contributed by atoms with Crippen molar-refractivity contribution in [3.63, 3.8) is 0 Å². The van der Waals surface area contributed by atoms with E-state index in [-0.39, 0.29) is 5.84 Å². The van der Waals surface area contributed by atoms with E-state index in [4.69, 9.17) is 10.9 Å². The third-order valence-corrected chi connectivity index (χ3v) is 4.63. The molecule has 0 aromatic heterocycles. The summed E-state index contributed by atoms with van der Waals surface area (Å²) in [6.07, 6.45) is 3.95. The second-order valence-corrected chi connectivity index (χ2v) is 5.94. The number of nitrogens with one attached hydrogen (secondary N) is 1. The third kappa shape index (κ3) is 3.51. The molecule has 4 N–H and O–H groups in total. The van der Waals surface area contributed by atoms with Gasteiger partial charge in [0.05, 0.1) is 0 Å². The molecule has 0 saturated heterocycles. The van der Waals surface area contributed by atoms with Gasteiger partial charge >= 0.3 is 0 Å². The van der Waals surface area contributed by atoms with Crippen LogP contribution < -0.4 is 11.1 Å². The summed E-state index contributed by atoms with van der Waals surface area (Å²) >= 11 is 0. The predicted molar refractivity (Wildman–Crippen MR) is 81.8 cm³/mol. The highest BCUT2D eigenvalue weighted by atomic mass is 16.4. The van der Waals surface area contributed by atoms with Crippen LogP contribution in [-0.2, 0) is 6.54 Å². The van der Waals surface area contributed by atoms with E-state index >= 15 is 0 Å². The number of rotatable bonds is 4. The lowest BCUT2D eigenvalue weighted by atomic mass is 9.78. The molecular formula is C16H25N3O. The molecule has 0 aliphatic heterocycles. The highest BCUT2D eigenvalue weighted by molar-refractivity contribution is 5.96. The lowest BCUT2D eigenvalue weighted by molar-refractivity contribution is 0.206. The normalized spacial score (nSPS) is 27.5. The highest BCUT2D eigenvalue weighted by Gasteiger charge is 2.26. The number of nitrogens with zero attached hydrogens (tertiary/aromatic N) is 1. The molecule has 4 nitrogen and oxygen atoms in total. The molecule has 1 fully saturated rings. The number of hydrogen-bond acceptors (Lipinski definition) is 3. The van der Waals surface area contributed by atoms with E-state index in [0.29, 0.717) is 6.04 Å². The van der Waals surface area contributed by atoms with Crippen LogP contribution in [0.1, 0.15) is 44.2 Å². The van der Waals surface area contributed by atoms with E-state index < -0.39 is 0 Å². The topological polar surface area (TPSA) is 70.6 Å². The number of nitrogens with two attached hydrogens (primary N) is 1. The molecule has 1 aromatic rings. The molecule has 3 atom stereocenters. The molecule has 0 radical (unpaired) electrons. The van der Waals surface area contributed by atoms with E-state index in [1.807, 2.05) is 24.3 Å². The van der Waals surface area contributed by atoms with Crippen LogP contribution in [0.25, 0.3) is 0 Å². The molecule has 1 aromatic carbocycles. The van der Waals surface area contributed by atoms with Crippen LogP contribution in [0.3, 0.4) is 0 Å². The fourth-order valence-electron chi connectivity index (χ4n) is 2.97. The van der Waals surface area contributed by atoms with Crippen molar-refractivity contribution in [2.75, 3.05) is 0 Å². The Hall–Kier alpha value is -1.55. The van der Waals surface area contributed by atoms with Gasteiger partial charge in [-0.25, -0.2) is 0 Å². The van der Waals surface area contributed by atoms with Gasteiger partial charge in [0.1, 0.15) is 0 Å². The summed E-state index contributed by atoms with van der Waals surface area (Å²) < 4.78 is 0. The Labute approximate surface area is 121 Å². The third-order valence-electron chi connectivity index (χ3n) is 4.63. The Kier molecular flexibility index (Phi) is 5.01. The quantitative estimate of drug-likeness (QED) is 0.342. The number of benzene rings is 1. The van der Waals surface area contributed by atoms with Crippen molar-refractivity contribution in [1.29, 1.82) is 0 Å². The van der Waals surface area contributed by atoms with Gasteiger partial charge in [0.2, 0.25) is 0 Å². The van der Waals surface area contributed by atoms with Crippen molar-refractivity contribution >= 4 is 5.84 Å². The van der Waals surface area contributed by atoms with Gasteiger partial charge in [0.15, 0.2) is 5.84 Å². The molecule has 0 amide bonds. The summed E-state index contributed by atoms with van der Waals surface area (Å²) in [5, 5.41) is 15.3. The maximum absolute atomic E-state index is 8.64. The van der Waals surface area contributed by atoms with Gasteiger partial charge in [-0.15, -0.1) is 0 Å². The summed E-state index contributed by atoms with van der Waals surface area (Å²) in [5.41, 5.74) is 7.53. The molecule has 0 heterocycles. The molecule has 1 aliphatic carbocycles. The maximum atomic E-state index is 8.64. The Morgan fingerprint density at radius 1 is 1.30 bits per heavy atom. The highest BCUT2D eigenvalue weighted by Crippen LogP contribution is 2.29. The summed E-state index contributed by atoms with van der Waals surface area (Å²) in [5.74, 6) is 1.70. The van der Waals surface area contributed by atoms with Crippen molar-refractivity contribution in [2.45, 2.75) is 45.7 Å². The largest absolute Gasteiger partial charge is 0.409 e. The minimum Gasteiger partial charge on any atom is -0.409 e. The van der Waals surface area contributed by atoms with Gasteiger partial charge in [-0.05, 0) is 23.8 Å². The van der Waals surface area contributed by atoms with Gasteiger partial charge in [0, 0.05) is 18.2 Å². The first-order chi connectivity index (χ1) is 9.61. The fourth-order valence-corrected chi connectivity index (χ4v) is 2.97. The van der Waals surface area contributed by atoms with E-state index in [2.05, 4.69) is 24.3 Å². The van der Waals surface area contributed by atoms with Gasteiger partial charge in [-0.3, -0.25) is 0 Å². The summed E-state index contributed by atoms with van der Waals surface area (Å²) in [4.78, 5) is 0. The van der Waals surface area contributed by atoms with Crippen LogP contribution in [0, 0.1) is 11.8 Å². The zero-order valence-electron chi connectivity index (χ0n) is 12.3. The Balaban J connectivity index is 1.91. The Bertz CT molecular complexity index is 455. The molecule has 0 spiro atoms. The van der Waals surface area contributed by atoms with E-state index in [9.17, 15) is 0 Å². The molecule has 110 valence electrons. The SMILES string of the molecule is CC1CCCC(NCc2ccc(C(N)=NO)cc2)C1C. The molecular weight excluding hydrogens is 250 g/mol. The van der Waals surface area contributed by atoms with Crippen LogP contribution in [0.15, 0.2) is 29.4 Å². The molecule has 3 unspecified atom stereocenters. The summed E-state index contributed by atoms with van der Waals surface area (Å²) in [6.45, 7) is 5.57. The first-order valence-corrected chi connectivity index (χ1v) is 7.42. The molecule has 2 rings (SSSR count). The average molecular weight is 275 g/mol. The van der Waals surface area contributed by atoms with E-state index in [1.54, 1.807) is 0 Å². The standard InChI is InChI=1S/C16H25N3O/c1-11-4-3-5-15(12(11)2)18-10-13-6-8-14(9-7-13)16(17)19-20/h6-9,11-12,15,18,20H,3-5,10H2,1-2H3,(H2,17,19). The Morgan fingerprint density at radius 3 is 2.65 bits per heavy atom. The average Bonchev–Trinajstić information content (AvgIpc) is 2.48. The number of hydrogen-bond donors (Lipinski definition) is 3. The van der Waals surface area contributed by atoms with Crippen molar-refractivity contribution in [1.82, 2.24) is 5.32 Å². The van der Waals surface area contributed by atoms with E-state index in [1.165, 1.54) is 24.8 Å². The number of oxime groups is 1. The maximum Gasteiger partial charge on any atom is 0.170 e. The predicted octanol–water partition coefficient (Wildman–Crippen LogP) is 2.70. The monoisotopic (exact) mass is 275 g/mol. The van der Waals surface area contributed by atoms with Crippen molar-refractivity contribution in [3.8, 4) is 0 Å². The van der Waals surface area contributed by atoms with Gasteiger partial charge in [0.25, 0.3) is 0 Å². The van der Waals surface area contributed by atoms with Crippen LogP contribution in [0.4, 0.5) is 0 Å². The zero-order valence-corrected chi connectivity index (χ0v) is 12.3. The second kappa shape index (κ2) is 6.75. The first kappa shape index (κ1) is 14.9. The smallest absolute Gasteiger partial charge is 0.170 e. The number of amidine groups is 1. The van der Waals surface area contributed by atoms with Gasteiger partial charge < -0.3 is 16.3 Å².